The Labute approximate surface area is 118 Å². The first-order chi connectivity index (χ1) is 8.81. The second kappa shape index (κ2) is 6.78. The third kappa shape index (κ3) is 3.73. The minimum Gasteiger partial charge on any atom is -0.148 e. The molecular weight excluding hydrogens is 256 g/mol. The molecule has 0 radical (unpaired) electrons. The average Bonchev–Trinajstić information content (AvgIpc) is 2.97. The molecule has 94 valence electrons. The van der Waals surface area contributed by atoms with E-state index in [1.54, 1.807) is 0 Å². The highest BCUT2D eigenvalue weighted by Gasteiger charge is 1.98. The van der Waals surface area contributed by atoms with E-state index in [9.17, 15) is 0 Å². The van der Waals surface area contributed by atoms with Crippen LogP contribution in [-0.2, 0) is 12.8 Å². The van der Waals surface area contributed by atoms with Gasteiger partial charge in [0.25, 0.3) is 0 Å². The van der Waals surface area contributed by atoms with E-state index in [2.05, 4.69) is 49.3 Å². The maximum absolute atomic E-state index is 3.27. The van der Waals surface area contributed by atoms with Gasteiger partial charge >= 0.3 is 0 Å². The van der Waals surface area contributed by atoms with E-state index in [-0.39, 0.29) is 0 Å². The van der Waals surface area contributed by atoms with Crippen LogP contribution in [0.25, 0.3) is 0 Å². The Morgan fingerprint density at radius 1 is 1.00 bits per heavy atom. The van der Waals surface area contributed by atoms with Gasteiger partial charge in [-0.1, -0.05) is 38.5 Å². The highest BCUT2D eigenvalue weighted by molar-refractivity contribution is 7.12. The number of hydrogen-bond donors (Lipinski definition) is 0. The number of aryl methyl sites for hydroxylation is 2. The zero-order chi connectivity index (χ0) is 12.8. The van der Waals surface area contributed by atoms with Crippen LogP contribution >= 0.6 is 22.7 Å². The van der Waals surface area contributed by atoms with Crippen LogP contribution in [0.3, 0.4) is 0 Å². The van der Waals surface area contributed by atoms with Crippen molar-refractivity contribution >= 4 is 22.7 Å². The predicted molar refractivity (Wildman–Crippen MR) is 82.6 cm³/mol. The van der Waals surface area contributed by atoms with Crippen LogP contribution in [0.5, 0.6) is 0 Å². The van der Waals surface area contributed by atoms with E-state index >= 15 is 0 Å². The van der Waals surface area contributed by atoms with Gasteiger partial charge in [0.1, 0.15) is 0 Å². The van der Waals surface area contributed by atoms with Crippen LogP contribution < -0.4 is 0 Å². The SMILES string of the molecule is CCCc1cc(C#Cc2ccc(CCC)s2)cs1. The maximum atomic E-state index is 3.27. The standard InChI is InChI=1S/C16H18S2/c1-3-5-14-9-10-15(18-14)8-7-13-11-16(6-4-2)17-12-13/h9-12H,3-6H2,1-2H3. The molecule has 0 bridgehead atoms. The number of hydrogen-bond acceptors (Lipinski definition) is 2. The van der Waals surface area contributed by atoms with Gasteiger partial charge in [0.05, 0.1) is 4.88 Å². The van der Waals surface area contributed by atoms with Gasteiger partial charge in [0.2, 0.25) is 0 Å². The van der Waals surface area contributed by atoms with Crippen molar-refractivity contribution in [1.29, 1.82) is 0 Å². The van der Waals surface area contributed by atoms with E-state index in [1.807, 2.05) is 22.7 Å². The molecule has 2 heterocycles. The molecule has 0 aromatic carbocycles. The van der Waals surface area contributed by atoms with E-state index in [0.717, 1.165) is 5.56 Å². The van der Waals surface area contributed by atoms with Gasteiger partial charge in [-0.25, -0.2) is 0 Å². The molecule has 2 rings (SSSR count). The molecule has 0 saturated heterocycles. The molecule has 0 amide bonds. The van der Waals surface area contributed by atoms with Gasteiger partial charge in [-0.15, -0.1) is 22.7 Å². The second-order valence-electron chi connectivity index (χ2n) is 4.32. The van der Waals surface area contributed by atoms with Crippen LogP contribution in [0.2, 0.25) is 0 Å². The van der Waals surface area contributed by atoms with Gasteiger partial charge < -0.3 is 0 Å². The highest BCUT2D eigenvalue weighted by Crippen LogP contribution is 2.18. The van der Waals surface area contributed by atoms with E-state index in [1.165, 1.54) is 40.3 Å². The molecular formula is C16H18S2. The largest absolute Gasteiger partial charge is 0.148 e. The predicted octanol–water partition coefficient (Wildman–Crippen LogP) is 5.11. The smallest absolute Gasteiger partial charge is 0.0775 e. The summed E-state index contributed by atoms with van der Waals surface area (Å²) in [6, 6.07) is 6.57. The summed E-state index contributed by atoms with van der Waals surface area (Å²) >= 11 is 3.65. The lowest BCUT2D eigenvalue weighted by Crippen LogP contribution is -1.73. The molecule has 0 aliphatic rings. The fraction of sp³-hybridized carbons (Fsp3) is 0.375. The van der Waals surface area contributed by atoms with Crippen LogP contribution in [-0.4, -0.2) is 0 Å². The van der Waals surface area contributed by atoms with Crippen molar-refractivity contribution < 1.29 is 0 Å². The Kier molecular flexibility index (Phi) is 5.04. The molecule has 18 heavy (non-hydrogen) atoms. The fourth-order valence-corrected chi connectivity index (χ4v) is 3.67. The summed E-state index contributed by atoms with van der Waals surface area (Å²) in [6.07, 6.45) is 4.76. The molecule has 2 aromatic rings. The first-order valence-electron chi connectivity index (χ1n) is 6.50. The monoisotopic (exact) mass is 274 g/mol. The first-order valence-corrected chi connectivity index (χ1v) is 8.19. The lowest BCUT2D eigenvalue weighted by atomic mass is 10.2. The third-order valence-electron chi connectivity index (χ3n) is 2.64. The molecule has 0 unspecified atom stereocenters. The summed E-state index contributed by atoms with van der Waals surface area (Å²) < 4.78 is 0. The van der Waals surface area contributed by atoms with Crippen molar-refractivity contribution in [3.8, 4) is 11.8 Å². The minimum atomic E-state index is 1.16. The van der Waals surface area contributed by atoms with Crippen LogP contribution in [0, 0.1) is 11.8 Å². The minimum absolute atomic E-state index is 1.16. The van der Waals surface area contributed by atoms with Gasteiger partial charge in [0.15, 0.2) is 0 Å². The summed E-state index contributed by atoms with van der Waals surface area (Å²) in [6.45, 7) is 4.43. The van der Waals surface area contributed by atoms with Crippen molar-refractivity contribution in [3.63, 3.8) is 0 Å². The Morgan fingerprint density at radius 2 is 1.78 bits per heavy atom. The zero-order valence-corrected chi connectivity index (χ0v) is 12.6. The summed E-state index contributed by atoms with van der Waals surface area (Å²) in [5.41, 5.74) is 1.16. The van der Waals surface area contributed by atoms with E-state index in [0.29, 0.717) is 0 Å². The van der Waals surface area contributed by atoms with Gasteiger partial charge in [-0.3, -0.25) is 0 Å². The van der Waals surface area contributed by atoms with Gasteiger partial charge in [-0.2, -0.15) is 0 Å². The summed E-state index contributed by atoms with van der Waals surface area (Å²) in [5.74, 6) is 6.54. The van der Waals surface area contributed by atoms with Crippen LogP contribution in [0.1, 0.15) is 46.9 Å². The zero-order valence-electron chi connectivity index (χ0n) is 11.0. The maximum Gasteiger partial charge on any atom is 0.0775 e. The summed E-state index contributed by atoms with van der Waals surface area (Å²) in [7, 11) is 0. The molecule has 0 N–H and O–H groups in total. The number of thiophene rings is 2. The first kappa shape index (κ1) is 13.4. The van der Waals surface area contributed by atoms with Crippen molar-refractivity contribution in [2.24, 2.45) is 0 Å². The molecule has 0 spiro atoms. The van der Waals surface area contributed by atoms with Crippen molar-refractivity contribution in [1.82, 2.24) is 0 Å². The topological polar surface area (TPSA) is 0 Å². The Bertz CT molecular complexity index is 501. The van der Waals surface area contributed by atoms with E-state index < -0.39 is 0 Å². The molecule has 0 aliphatic carbocycles. The summed E-state index contributed by atoms with van der Waals surface area (Å²) in [4.78, 5) is 4.07. The lowest BCUT2D eigenvalue weighted by molar-refractivity contribution is 0.940. The van der Waals surface area contributed by atoms with Gasteiger partial charge in [0, 0.05) is 20.7 Å². The fourth-order valence-electron chi connectivity index (χ4n) is 1.78. The highest BCUT2D eigenvalue weighted by atomic mass is 32.1. The molecule has 0 fully saturated rings. The molecule has 0 saturated carbocycles. The van der Waals surface area contributed by atoms with Crippen molar-refractivity contribution in [2.75, 3.05) is 0 Å². The second-order valence-corrected chi connectivity index (χ2v) is 6.48. The molecule has 2 heteroatoms. The van der Waals surface area contributed by atoms with Crippen LogP contribution in [0.4, 0.5) is 0 Å². The molecule has 2 aromatic heterocycles. The molecule has 0 atom stereocenters. The van der Waals surface area contributed by atoms with Gasteiger partial charge in [-0.05, 0) is 31.0 Å². The van der Waals surface area contributed by atoms with E-state index in [4.69, 9.17) is 0 Å². The molecule has 0 aliphatic heterocycles. The average molecular weight is 274 g/mol. The Morgan fingerprint density at radius 3 is 2.56 bits per heavy atom. The quantitative estimate of drug-likeness (QED) is 0.679. The van der Waals surface area contributed by atoms with Crippen molar-refractivity contribution in [2.45, 2.75) is 39.5 Å². The lowest BCUT2D eigenvalue weighted by Gasteiger charge is -1.87. The van der Waals surface area contributed by atoms with Crippen LogP contribution in [0.15, 0.2) is 23.6 Å². The normalized spacial score (nSPS) is 10.1. The Hall–Kier alpha value is -1.04. The third-order valence-corrected chi connectivity index (χ3v) is 4.70. The number of rotatable bonds is 4. The van der Waals surface area contributed by atoms with Crippen molar-refractivity contribution in [3.05, 3.63) is 43.8 Å². The summed E-state index contributed by atoms with van der Waals surface area (Å²) in [5, 5.41) is 2.17. The molecule has 0 nitrogen and oxygen atoms in total. The Balaban J connectivity index is 2.05.